The van der Waals surface area contributed by atoms with Gasteiger partial charge in [-0.05, 0) is 6.07 Å². The number of hydrogen-bond acceptors (Lipinski definition) is 5. The summed E-state index contributed by atoms with van der Waals surface area (Å²) in [5.41, 5.74) is -1.09. The highest BCUT2D eigenvalue weighted by Gasteiger charge is 2.32. The molecule has 0 fully saturated rings. The fourth-order valence-corrected chi connectivity index (χ4v) is 2.27. The number of alkyl halides is 3. The van der Waals surface area contributed by atoms with Crippen molar-refractivity contribution in [3.63, 3.8) is 0 Å². The minimum atomic E-state index is -4.53. The third-order valence-electron chi connectivity index (χ3n) is 3.46. The first kappa shape index (κ1) is 16.2. The van der Waals surface area contributed by atoms with Crippen LogP contribution in [0.25, 0.3) is 0 Å². The molecule has 0 atom stereocenters. The molecule has 2 aromatic rings. The Balaban J connectivity index is 1.82. The molecule has 3 rings (SSSR count). The summed E-state index contributed by atoms with van der Waals surface area (Å²) in [7, 11) is 1.27. The van der Waals surface area contributed by atoms with Gasteiger partial charge in [0.25, 0.3) is 5.56 Å². The second kappa shape index (κ2) is 6.06. The Morgan fingerprint density at radius 3 is 2.67 bits per heavy atom. The van der Waals surface area contributed by atoms with Gasteiger partial charge in [0.1, 0.15) is 18.9 Å². The maximum atomic E-state index is 12.8. The number of aromatic nitrogens is 2. The van der Waals surface area contributed by atoms with Gasteiger partial charge in [-0.3, -0.25) is 9.78 Å². The van der Waals surface area contributed by atoms with Crippen molar-refractivity contribution in [1.82, 2.24) is 9.55 Å². The van der Waals surface area contributed by atoms with Crippen LogP contribution in [0.15, 0.2) is 29.3 Å². The number of fused-ring (bicyclic) bond motifs is 1. The average molecular weight is 341 g/mol. The molecule has 0 amide bonds. The summed E-state index contributed by atoms with van der Waals surface area (Å²) < 4.78 is 50.2. The Labute approximate surface area is 134 Å². The zero-order valence-corrected chi connectivity index (χ0v) is 12.7. The number of aryl methyl sites for hydroxylation is 1. The third kappa shape index (κ3) is 3.29. The van der Waals surface area contributed by atoms with E-state index in [9.17, 15) is 18.0 Å². The zero-order chi connectivity index (χ0) is 17.3. The van der Waals surface area contributed by atoms with Gasteiger partial charge < -0.3 is 19.4 Å². The topological polar surface area (TPSA) is 65.4 Å². The van der Waals surface area contributed by atoms with Crippen molar-refractivity contribution in [2.75, 3.05) is 18.5 Å². The van der Waals surface area contributed by atoms with Gasteiger partial charge in [0, 0.05) is 19.3 Å². The first-order chi connectivity index (χ1) is 11.3. The Bertz CT molecular complexity index is 818. The predicted molar refractivity (Wildman–Crippen MR) is 79.2 cm³/mol. The van der Waals surface area contributed by atoms with Crippen LogP contribution < -0.4 is 20.3 Å². The number of pyridine rings is 2. The van der Waals surface area contributed by atoms with Crippen molar-refractivity contribution in [3.05, 3.63) is 46.1 Å². The first-order valence-electron chi connectivity index (χ1n) is 7.11. The third-order valence-corrected chi connectivity index (χ3v) is 3.46. The van der Waals surface area contributed by atoms with E-state index in [0.717, 1.165) is 16.8 Å². The van der Waals surface area contributed by atoms with Crippen LogP contribution in [-0.2, 0) is 19.8 Å². The Hall–Kier alpha value is -2.71. The molecule has 0 aliphatic carbocycles. The van der Waals surface area contributed by atoms with E-state index in [2.05, 4.69) is 10.3 Å². The van der Waals surface area contributed by atoms with Crippen LogP contribution in [0.2, 0.25) is 0 Å². The van der Waals surface area contributed by atoms with Crippen LogP contribution in [0, 0.1) is 0 Å². The number of rotatable bonds is 3. The molecule has 0 spiro atoms. The highest BCUT2D eigenvalue weighted by atomic mass is 19.4. The van der Waals surface area contributed by atoms with Crippen molar-refractivity contribution in [2.24, 2.45) is 7.05 Å². The lowest BCUT2D eigenvalue weighted by Gasteiger charge is -2.18. The monoisotopic (exact) mass is 341 g/mol. The Kier molecular flexibility index (Phi) is 4.08. The smallest absolute Gasteiger partial charge is 0.417 e. The maximum Gasteiger partial charge on any atom is 0.417 e. The molecule has 0 bridgehead atoms. The average Bonchev–Trinajstić information content (AvgIpc) is 2.55. The Morgan fingerprint density at radius 2 is 1.96 bits per heavy atom. The summed E-state index contributed by atoms with van der Waals surface area (Å²) in [6.45, 7) is 0.928. The van der Waals surface area contributed by atoms with Crippen molar-refractivity contribution in [2.45, 2.75) is 12.7 Å². The summed E-state index contributed by atoms with van der Waals surface area (Å²) in [5.74, 6) is 1.03. The van der Waals surface area contributed by atoms with Gasteiger partial charge in [-0.15, -0.1) is 0 Å². The molecule has 0 saturated heterocycles. The number of ether oxygens (including phenoxy) is 2. The van der Waals surface area contributed by atoms with Gasteiger partial charge in [-0.25, -0.2) is 0 Å². The molecular formula is C15H14F3N3O3. The highest BCUT2D eigenvalue weighted by Crippen LogP contribution is 2.31. The lowest BCUT2D eigenvalue weighted by molar-refractivity contribution is -0.138. The van der Waals surface area contributed by atoms with E-state index in [1.807, 2.05) is 0 Å². The zero-order valence-electron chi connectivity index (χ0n) is 12.7. The quantitative estimate of drug-likeness (QED) is 0.927. The van der Waals surface area contributed by atoms with Gasteiger partial charge in [-0.1, -0.05) is 0 Å². The standard InChI is InChI=1S/C15H14F3N3O3/c1-21-8-9(15(16,17)18)4-11(14(21)22)20-6-10-5-12-13(7-19-10)24-3-2-23-12/h4-5,7-8,20H,2-3,6H2,1H3. The van der Waals surface area contributed by atoms with Gasteiger partial charge >= 0.3 is 6.18 Å². The number of anilines is 1. The van der Waals surface area contributed by atoms with Crippen LogP contribution in [-0.4, -0.2) is 22.8 Å². The van der Waals surface area contributed by atoms with E-state index in [-0.39, 0.29) is 12.2 Å². The SMILES string of the molecule is Cn1cc(C(F)(F)F)cc(NCc2cc3c(cn2)OCCO3)c1=O. The molecule has 0 radical (unpaired) electrons. The van der Waals surface area contributed by atoms with E-state index in [0.29, 0.717) is 30.4 Å². The van der Waals surface area contributed by atoms with Crippen molar-refractivity contribution in [3.8, 4) is 11.5 Å². The number of halogens is 3. The van der Waals surface area contributed by atoms with Gasteiger partial charge in [-0.2, -0.15) is 13.2 Å². The molecule has 6 nitrogen and oxygen atoms in total. The first-order valence-corrected chi connectivity index (χ1v) is 7.11. The van der Waals surface area contributed by atoms with Gasteiger partial charge in [0.15, 0.2) is 11.5 Å². The lowest BCUT2D eigenvalue weighted by Crippen LogP contribution is -2.23. The van der Waals surface area contributed by atoms with E-state index in [1.165, 1.54) is 13.2 Å². The molecule has 1 N–H and O–H groups in total. The van der Waals surface area contributed by atoms with E-state index in [1.54, 1.807) is 6.07 Å². The number of hydrogen-bond donors (Lipinski definition) is 1. The summed E-state index contributed by atoms with van der Waals surface area (Å²) in [6.07, 6.45) is -2.29. The lowest BCUT2D eigenvalue weighted by atomic mass is 10.2. The summed E-state index contributed by atoms with van der Waals surface area (Å²) >= 11 is 0. The molecule has 0 unspecified atom stereocenters. The Morgan fingerprint density at radius 1 is 1.25 bits per heavy atom. The second-order valence-electron chi connectivity index (χ2n) is 5.23. The summed E-state index contributed by atoms with van der Waals surface area (Å²) in [6, 6.07) is 2.42. The maximum absolute atomic E-state index is 12.8. The van der Waals surface area contributed by atoms with Gasteiger partial charge in [0.05, 0.1) is 24.0 Å². The number of nitrogens with one attached hydrogen (secondary N) is 1. The van der Waals surface area contributed by atoms with Gasteiger partial charge in [0.2, 0.25) is 0 Å². The fraction of sp³-hybridized carbons (Fsp3) is 0.333. The fourth-order valence-electron chi connectivity index (χ4n) is 2.27. The molecule has 0 saturated carbocycles. The van der Waals surface area contributed by atoms with E-state index < -0.39 is 17.3 Å². The molecule has 2 aromatic heterocycles. The summed E-state index contributed by atoms with van der Waals surface area (Å²) in [5, 5.41) is 2.70. The van der Waals surface area contributed by atoms with Crippen LogP contribution in [0.5, 0.6) is 11.5 Å². The number of nitrogens with zero attached hydrogens (tertiary/aromatic N) is 2. The molecular weight excluding hydrogens is 327 g/mol. The molecule has 1 aliphatic rings. The molecule has 3 heterocycles. The molecule has 1 aliphatic heterocycles. The highest BCUT2D eigenvalue weighted by molar-refractivity contribution is 5.45. The molecule has 128 valence electrons. The van der Waals surface area contributed by atoms with Crippen molar-refractivity contribution < 1.29 is 22.6 Å². The predicted octanol–water partition coefficient (Wildman–Crippen LogP) is 2.18. The molecule has 9 heteroatoms. The van der Waals surface area contributed by atoms with E-state index >= 15 is 0 Å². The molecule has 24 heavy (non-hydrogen) atoms. The van der Waals surface area contributed by atoms with Crippen molar-refractivity contribution >= 4 is 5.69 Å². The normalized spacial score (nSPS) is 13.7. The van der Waals surface area contributed by atoms with Crippen LogP contribution in [0.4, 0.5) is 18.9 Å². The van der Waals surface area contributed by atoms with E-state index in [4.69, 9.17) is 9.47 Å². The molecule has 0 aromatic carbocycles. The largest absolute Gasteiger partial charge is 0.486 e. The summed E-state index contributed by atoms with van der Waals surface area (Å²) in [4.78, 5) is 16.1. The van der Waals surface area contributed by atoms with Crippen LogP contribution in [0.1, 0.15) is 11.3 Å². The van der Waals surface area contributed by atoms with Crippen LogP contribution >= 0.6 is 0 Å². The minimum Gasteiger partial charge on any atom is -0.486 e. The second-order valence-corrected chi connectivity index (χ2v) is 5.23. The minimum absolute atomic E-state index is 0.0766. The van der Waals surface area contributed by atoms with Crippen LogP contribution in [0.3, 0.4) is 0 Å². The van der Waals surface area contributed by atoms with Crippen molar-refractivity contribution in [1.29, 1.82) is 0 Å².